The van der Waals surface area contributed by atoms with Crippen molar-refractivity contribution in [3.8, 4) is 0 Å². The van der Waals surface area contributed by atoms with Crippen molar-refractivity contribution in [2.45, 2.75) is 24.5 Å². The highest BCUT2D eigenvalue weighted by molar-refractivity contribution is 7.91. The smallest absolute Gasteiger partial charge is 0.309 e. The number of sulfone groups is 1. The summed E-state index contributed by atoms with van der Waals surface area (Å²) in [5.74, 6) is -0.261. The van der Waals surface area contributed by atoms with Crippen LogP contribution in [-0.2, 0) is 25.8 Å². The van der Waals surface area contributed by atoms with Crippen LogP contribution in [0.25, 0.3) is 0 Å². The van der Waals surface area contributed by atoms with E-state index >= 15 is 0 Å². The van der Waals surface area contributed by atoms with Crippen molar-refractivity contribution in [2.75, 3.05) is 31.4 Å². The van der Waals surface area contributed by atoms with Crippen molar-refractivity contribution < 1.29 is 17.9 Å². The van der Waals surface area contributed by atoms with Crippen LogP contribution < -0.4 is 4.90 Å². The fourth-order valence-electron chi connectivity index (χ4n) is 2.64. The fraction of sp³-hybridized carbons (Fsp3) is 0.533. The molecule has 1 saturated heterocycles. The van der Waals surface area contributed by atoms with E-state index in [1.54, 1.807) is 0 Å². The molecule has 0 unspecified atom stereocenters. The molecule has 5 nitrogen and oxygen atoms in total. The molecule has 6 heteroatoms. The van der Waals surface area contributed by atoms with Crippen molar-refractivity contribution >= 4 is 21.5 Å². The largest absolute Gasteiger partial charge is 0.469 e. The summed E-state index contributed by atoms with van der Waals surface area (Å²) < 4.78 is 27.8. The van der Waals surface area contributed by atoms with Crippen molar-refractivity contribution in [1.29, 1.82) is 0 Å². The van der Waals surface area contributed by atoms with Gasteiger partial charge in [0.1, 0.15) is 9.84 Å². The van der Waals surface area contributed by atoms with Crippen LogP contribution in [0.2, 0.25) is 0 Å². The average molecular weight is 311 g/mol. The van der Waals surface area contributed by atoms with E-state index in [9.17, 15) is 13.2 Å². The molecule has 0 saturated carbocycles. The van der Waals surface area contributed by atoms with Crippen molar-refractivity contribution in [3.05, 3.63) is 29.8 Å². The van der Waals surface area contributed by atoms with Gasteiger partial charge in [0, 0.05) is 25.0 Å². The number of anilines is 1. The molecule has 0 radical (unpaired) electrons. The monoisotopic (exact) mass is 311 g/mol. The molecule has 0 aromatic heterocycles. The molecule has 1 heterocycles. The van der Waals surface area contributed by atoms with Gasteiger partial charge in [0.15, 0.2) is 0 Å². The summed E-state index contributed by atoms with van der Waals surface area (Å²) in [7, 11) is -1.57. The Morgan fingerprint density at radius 3 is 2.57 bits per heavy atom. The van der Waals surface area contributed by atoms with Gasteiger partial charge in [0.25, 0.3) is 0 Å². The summed E-state index contributed by atoms with van der Waals surface area (Å²) in [6.45, 7) is 1.44. The summed E-state index contributed by atoms with van der Waals surface area (Å²) in [5.41, 5.74) is 1.94. The molecule has 1 fully saturated rings. The number of carbonyl (C=O) groups excluding carboxylic acids is 1. The van der Waals surface area contributed by atoms with Crippen LogP contribution in [0.15, 0.2) is 24.3 Å². The minimum Gasteiger partial charge on any atom is -0.469 e. The molecule has 0 spiro atoms. The molecule has 21 heavy (non-hydrogen) atoms. The topological polar surface area (TPSA) is 63.7 Å². The SMILES string of the molecule is COC(=O)Cc1cccc(N2CCC(S(C)(=O)=O)CC2)c1. The number of esters is 1. The molecule has 1 aromatic carbocycles. The number of rotatable bonds is 4. The summed E-state index contributed by atoms with van der Waals surface area (Å²) in [6.07, 6.45) is 2.87. The number of piperidine rings is 1. The van der Waals surface area contributed by atoms with E-state index in [0.717, 1.165) is 24.3 Å². The highest BCUT2D eigenvalue weighted by Gasteiger charge is 2.26. The lowest BCUT2D eigenvalue weighted by atomic mass is 10.1. The van der Waals surface area contributed by atoms with Crippen LogP contribution in [0.1, 0.15) is 18.4 Å². The molecule has 0 amide bonds. The average Bonchev–Trinajstić information content (AvgIpc) is 2.46. The third kappa shape index (κ3) is 4.20. The number of nitrogens with zero attached hydrogens (tertiary/aromatic N) is 1. The normalized spacial score (nSPS) is 16.8. The van der Waals surface area contributed by atoms with Crippen LogP contribution in [-0.4, -0.2) is 46.1 Å². The third-order valence-electron chi connectivity index (χ3n) is 3.90. The van der Waals surface area contributed by atoms with E-state index in [0.29, 0.717) is 12.8 Å². The van der Waals surface area contributed by atoms with Crippen LogP contribution in [0.4, 0.5) is 5.69 Å². The molecule has 1 aliphatic rings. The van der Waals surface area contributed by atoms with Gasteiger partial charge in [-0.25, -0.2) is 8.42 Å². The van der Waals surface area contributed by atoms with E-state index < -0.39 is 9.84 Å². The Morgan fingerprint density at radius 2 is 2.00 bits per heavy atom. The highest BCUT2D eigenvalue weighted by atomic mass is 32.2. The second-order valence-corrected chi connectivity index (χ2v) is 7.76. The van der Waals surface area contributed by atoms with E-state index in [-0.39, 0.29) is 17.6 Å². The lowest BCUT2D eigenvalue weighted by Crippen LogP contribution is -2.39. The fourth-order valence-corrected chi connectivity index (χ4v) is 3.71. The summed E-state index contributed by atoms with van der Waals surface area (Å²) in [4.78, 5) is 13.5. The second-order valence-electron chi connectivity index (χ2n) is 5.44. The van der Waals surface area contributed by atoms with E-state index in [4.69, 9.17) is 0 Å². The molecule has 0 bridgehead atoms. The van der Waals surface area contributed by atoms with Crippen molar-refractivity contribution in [1.82, 2.24) is 0 Å². The van der Waals surface area contributed by atoms with Crippen LogP contribution in [0.5, 0.6) is 0 Å². The Morgan fingerprint density at radius 1 is 1.33 bits per heavy atom. The molecule has 0 N–H and O–H groups in total. The highest BCUT2D eigenvalue weighted by Crippen LogP contribution is 2.24. The Labute approximate surface area is 125 Å². The zero-order valence-corrected chi connectivity index (χ0v) is 13.2. The first-order valence-electron chi connectivity index (χ1n) is 6.99. The van der Waals surface area contributed by atoms with E-state index in [1.165, 1.54) is 13.4 Å². The molecule has 0 aliphatic carbocycles. The first-order valence-corrected chi connectivity index (χ1v) is 8.95. The van der Waals surface area contributed by atoms with Crippen LogP contribution in [0, 0.1) is 0 Å². The molecule has 116 valence electrons. The molecule has 0 atom stereocenters. The van der Waals surface area contributed by atoms with Crippen LogP contribution >= 0.6 is 0 Å². The summed E-state index contributed by atoms with van der Waals surface area (Å²) in [5, 5.41) is -0.230. The Balaban J connectivity index is 2.03. The number of carbonyl (C=O) groups is 1. The summed E-state index contributed by atoms with van der Waals surface area (Å²) >= 11 is 0. The van der Waals surface area contributed by atoms with E-state index in [1.807, 2.05) is 24.3 Å². The first-order chi connectivity index (χ1) is 9.90. The predicted molar refractivity (Wildman–Crippen MR) is 82.2 cm³/mol. The molecule has 2 rings (SSSR count). The number of ether oxygens (including phenoxy) is 1. The Kier molecular flexibility index (Phi) is 4.88. The van der Waals surface area contributed by atoms with Gasteiger partial charge in [0.2, 0.25) is 0 Å². The minimum absolute atomic E-state index is 0.230. The number of methoxy groups -OCH3 is 1. The lowest BCUT2D eigenvalue weighted by Gasteiger charge is -2.33. The Bertz CT molecular complexity index is 604. The van der Waals surface area contributed by atoms with Gasteiger partial charge in [-0.1, -0.05) is 12.1 Å². The maximum atomic E-state index is 11.6. The number of hydrogen-bond acceptors (Lipinski definition) is 5. The standard InChI is InChI=1S/C15H21NO4S/c1-20-15(17)11-12-4-3-5-13(10-12)16-8-6-14(7-9-16)21(2,18)19/h3-5,10,14H,6-9,11H2,1-2H3. The second kappa shape index (κ2) is 6.47. The Hall–Kier alpha value is -1.56. The lowest BCUT2D eigenvalue weighted by molar-refractivity contribution is -0.139. The van der Waals surface area contributed by atoms with Gasteiger partial charge in [-0.15, -0.1) is 0 Å². The van der Waals surface area contributed by atoms with Gasteiger partial charge < -0.3 is 9.64 Å². The number of benzene rings is 1. The summed E-state index contributed by atoms with van der Waals surface area (Å²) in [6, 6.07) is 7.76. The minimum atomic E-state index is -2.95. The molecular weight excluding hydrogens is 290 g/mol. The zero-order chi connectivity index (χ0) is 15.5. The quantitative estimate of drug-likeness (QED) is 0.787. The van der Waals surface area contributed by atoms with Crippen molar-refractivity contribution in [2.24, 2.45) is 0 Å². The van der Waals surface area contributed by atoms with Gasteiger partial charge in [-0.3, -0.25) is 4.79 Å². The van der Waals surface area contributed by atoms with Gasteiger partial charge in [-0.05, 0) is 30.5 Å². The third-order valence-corrected chi connectivity index (χ3v) is 5.58. The van der Waals surface area contributed by atoms with Gasteiger partial charge in [-0.2, -0.15) is 0 Å². The number of hydrogen-bond donors (Lipinski definition) is 0. The molecular formula is C15H21NO4S. The van der Waals surface area contributed by atoms with Gasteiger partial charge in [0.05, 0.1) is 18.8 Å². The van der Waals surface area contributed by atoms with Crippen molar-refractivity contribution in [3.63, 3.8) is 0 Å². The first kappa shape index (κ1) is 15.8. The van der Waals surface area contributed by atoms with Crippen LogP contribution in [0.3, 0.4) is 0 Å². The maximum absolute atomic E-state index is 11.6. The van der Waals surface area contributed by atoms with E-state index in [2.05, 4.69) is 9.64 Å². The van der Waals surface area contributed by atoms with Gasteiger partial charge >= 0.3 is 5.97 Å². The molecule has 1 aliphatic heterocycles. The molecule has 1 aromatic rings. The zero-order valence-electron chi connectivity index (χ0n) is 12.4. The maximum Gasteiger partial charge on any atom is 0.309 e. The predicted octanol–water partition coefficient (Wildman–Crippen LogP) is 1.42.